The number of benzene rings is 5. The van der Waals surface area contributed by atoms with Gasteiger partial charge < -0.3 is 18.7 Å². The normalized spacial score (nSPS) is 10.8. The maximum atomic E-state index is 12.2. The molecule has 0 radical (unpaired) electrons. The second kappa shape index (κ2) is 15.0. The summed E-state index contributed by atoms with van der Waals surface area (Å²) in [7, 11) is 1.62. The van der Waals surface area contributed by atoms with Crippen LogP contribution < -0.4 is 19.5 Å². The van der Waals surface area contributed by atoms with Crippen LogP contribution in [-0.4, -0.2) is 18.2 Å². The fourth-order valence-electron chi connectivity index (χ4n) is 5.38. The molecule has 0 aliphatic heterocycles. The number of ether oxygens (including phenoxy) is 3. The van der Waals surface area contributed by atoms with Gasteiger partial charge in [0.25, 0.3) is 0 Å². The third-order valence-corrected chi connectivity index (χ3v) is 7.78. The Morgan fingerprint density at radius 3 is 1.85 bits per heavy atom. The average Bonchev–Trinajstić information content (AvgIpc) is 3.52. The minimum absolute atomic E-state index is 0.252. The first-order valence-electron chi connectivity index (χ1n) is 15.5. The molecule has 0 bridgehead atoms. The van der Waals surface area contributed by atoms with Crippen LogP contribution in [-0.2, 0) is 30.8 Å². The van der Waals surface area contributed by atoms with Crippen LogP contribution in [0, 0.1) is 0 Å². The van der Waals surface area contributed by atoms with Gasteiger partial charge in [0, 0.05) is 18.6 Å². The molecule has 1 N–H and O–H groups in total. The van der Waals surface area contributed by atoms with Crippen molar-refractivity contribution >= 4 is 11.8 Å². The van der Waals surface area contributed by atoms with Crippen LogP contribution in [0.15, 0.2) is 132 Å². The summed E-state index contributed by atoms with van der Waals surface area (Å²) in [4.78, 5) is 12.2. The number of nitrogens with zero attached hydrogens (tertiary/aromatic N) is 1. The van der Waals surface area contributed by atoms with Gasteiger partial charge in [-0.25, -0.2) is 0 Å². The van der Waals surface area contributed by atoms with E-state index in [0.29, 0.717) is 42.4 Å². The van der Waals surface area contributed by atoms with Crippen molar-refractivity contribution in [1.82, 2.24) is 5.16 Å². The first kappa shape index (κ1) is 31.2. The molecule has 0 saturated heterocycles. The van der Waals surface area contributed by atoms with Gasteiger partial charge in [0.2, 0.25) is 11.8 Å². The summed E-state index contributed by atoms with van der Waals surface area (Å²) in [6.07, 6.45) is 1.53. The van der Waals surface area contributed by atoms with Gasteiger partial charge in [0.1, 0.15) is 36.2 Å². The zero-order chi connectivity index (χ0) is 32.4. The van der Waals surface area contributed by atoms with Gasteiger partial charge in [0.15, 0.2) is 0 Å². The Balaban J connectivity index is 1.48. The van der Waals surface area contributed by atoms with Crippen molar-refractivity contribution in [3.8, 4) is 39.6 Å². The quantitative estimate of drug-likeness (QED) is 0.138. The number of hydrogen-bond donors (Lipinski definition) is 1. The number of anilines is 1. The lowest BCUT2D eigenvalue weighted by Gasteiger charge is -2.18. The second-order valence-electron chi connectivity index (χ2n) is 11.1. The molecule has 1 amide bonds. The number of methoxy groups -OCH3 is 1. The molecule has 0 spiro atoms. The summed E-state index contributed by atoms with van der Waals surface area (Å²) >= 11 is 0. The lowest BCUT2D eigenvalue weighted by Crippen LogP contribution is -2.06. The van der Waals surface area contributed by atoms with Crippen LogP contribution in [0.4, 0.5) is 5.88 Å². The molecule has 6 rings (SSSR count). The van der Waals surface area contributed by atoms with Crippen LogP contribution in [0.5, 0.6) is 17.2 Å². The number of carbonyl (C=O) groups excluding carboxylic acids is 1. The van der Waals surface area contributed by atoms with E-state index in [2.05, 4.69) is 28.7 Å². The van der Waals surface area contributed by atoms with Crippen LogP contribution in [0.25, 0.3) is 22.4 Å². The van der Waals surface area contributed by atoms with Gasteiger partial charge in [-0.2, -0.15) is 0 Å². The van der Waals surface area contributed by atoms with Gasteiger partial charge in [-0.3, -0.25) is 10.1 Å². The lowest BCUT2D eigenvalue weighted by molar-refractivity contribution is -0.114. The zero-order valence-corrected chi connectivity index (χ0v) is 26.4. The fraction of sp³-hybridized carbons (Fsp3) is 0.150. The Labute approximate surface area is 274 Å². The highest BCUT2D eigenvalue weighted by molar-refractivity contribution is 5.97. The third-order valence-electron chi connectivity index (χ3n) is 7.78. The Hall–Kier alpha value is -5.82. The van der Waals surface area contributed by atoms with Gasteiger partial charge in [-0.1, -0.05) is 108 Å². The molecule has 0 aliphatic rings. The van der Waals surface area contributed by atoms with E-state index in [1.54, 1.807) is 7.11 Å². The molecule has 0 unspecified atom stereocenters. The van der Waals surface area contributed by atoms with Gasteiger partial charge in [0.05, 0.1) is 12.7 Å². The Kier molecular flexibility index (Phi) is 9.93. The number of carbonyl (C=O) groups is 1. The number of hydrogen-bond acceptors (Lipinski definition) is 6. The number of aryl methyl sites for hydroxylation is 2. The highest BCUT2D eigenvalue weighted by Crippen LogP contribution is 2.44. The standard InChI is InChI=1S/C40H36N2O5/c1-28(43)41-40-38(32-20-22-34(44-2)23-21-32)39(42-47-40)35-24-33(19-18-29-12-6-3-7-13-29)36(45-26-30-14-8-4-9-15-30)25-37(35)46-27-31-16-10-5-11-17-31/h3-17,20-25H,18-19,26-27H2,1-2H3,(H,41,43). The molecule has 5 aromatic carbocycles. The molecule has 7 nitrogen and oxygen atoms in total. The number of amides is 1. The lowest BCUT2D eigenvalue weighted by atomic mass is 9.96. The molecule has 6 aromatic rings. The predicted molar refractivity (Wildman–Crippen MR) is 184 cm³/mol. The molecule has 0 fully saturated rings. The maximum Gasteiger partial charge on any atom is 0.239 e. The van der Waals surface area contributed by atoms with Crippen LogP contribution >= 0.6 is 0 Å². The predicted octanol–water partition coefficient (Wildman–Crippen LogP) is 8.92. The maximum absolute atomic E-state index is 12.2. The average molecular weight is 625 g/mol. The molecule has 0 aliphatic carbocycles. The van der Waals surface area contributed by atoms with Gasteiger partial charge in [-0.05, 0) is 58.9 Å². The first-order chi connectivity index (χ1) is 23.1. The van der Waals surface area contributed by atoms with E-state index in [1.165, 1.54) is 12.5 Å². The largest absolute Gasteiger partial charge is 0.497 e. The van der Waals surface area contributed by atoms with E-state index in [0.717, 1.165) is 40.0 Å². The monoisotopic (exact) mass is 624 g/mol. The van der Waals surface area contributed by atoms with Crippen molar-refractivity contribution in [2.75, 3.05) is 12.4 Å². The highest BCUT2D eigenvalue weighted by atomic mass is 16.5. The van der Waals surface area contributed by atoms with Crippen molar-refractivity contribution in [2.24, 2.45) is 0 Å². The molecule has 7 heteroatoms. The van der Waals surface area contributed by atoms with Crippen molar-refractivity contribution < 1.29 is 23.5 Å². The van der Waals surface area contributed by atoms with Crippen molar-refractivity contribution in [2.45, 2.75) is 33.0 Å². The van der Waals surface area contributed by atoms with Crippen molar-refractivity contribution in [3.63, 3.8) is 0 Å². The Morgan fingerprint density at radius 2 is 1.28 bits per heavy atom. The highest BCUT2D eigenvalue weighted by Gasteiger charge is 2.25. The van der Waals surface area contributed by atoms with Crippen LogP contribution in [0.1, 0.15) is 29.2 Å². The summed E-state index contributed by atoms with van der Waals surface area (Å²) in [5.41, 5.74) is 7.01. The smallest absolute Gasteiger partial charge is 0.239 e. The number of nitrogens with one attached hydrogen (secondary N) is 1. The van der Waals surface area contributed by atoms with Gasteiger partial charge in [-0.15, -0.1) is 0 Å². The SMILES string of the molecule is COc1ccc(-c2c(-c3cc(CCc4ccccc4)c(OCc4ccccc4)cc3OCc3ccccc3)noc2NC(C)=O)cc1. The summed E-state index contributed by atoms with van der Waals surface area (Å²) in [6, 6.07) is 42.0. The van der Waals surface area contributed by atoms with E-state index in [-0.39, 0.29) is 11.8 Å². The van der Waals surface area contributed by atoms with Crippen LogP contribution in [0.3, 0.4) is 0 Å². The van der Waals surface area contributed by atoms with E-state index in [4.69, 9.17) is 18.7 Å². The van der Waals surface area contributed by atoms with E-state index in [9.17, 15) is 4.79 Å². The summed E-state index contributed by atoms with van der Waals surface area (Å²) in [5, 5.41) is 7.33. The van der Waals surface area contributed by atoms with E-state index in [1.807, 2.05) is 109 Å². The van der Waals surface area contributed by atoms with E-state index < -0.39 is 0 Å². The molecule has 47 heavy (non-hydrogen) atoms. The minimum Gasteiger partial charge on any atom is -0.497 e. The molecule has 0 saturated carbocycles. The summed E-state index contributed by atoms with van der Waals surface area (Å²) < 4.78 is 24.2. The topological polar surface area (TPSA) is 82.8 Å². The molecular formula is C40H36N2O5. The summed E-state index contributed by atoms with van der Waals surface area (Å²) in [6.45, 7) is 2.18. The zero-order valence-electron chi connectivity index (χ0n) is 26.4. The van der Waals surface area contributed by atoms with E-state index >= 15 is 0 Å². The molecule has 236 valence electrons. The third kappa shape index (κ3) is 7.89. The summed E-state index contributed by atoms with van der Waals surface area (Å²) in [5.74, 6) is 2.01. The minimum atomic E-state index is -0.267. The number of aromatic nitrogens is 1. The van der Waals surface area contributed by atoms with Crippen molar-refractivity contribution in [3.05, 3.63) is 150 Å². The Morgan fingerprint density at radius 1 is 0.702 bits per heavy atom. The van der Waals surface area contributed by atoms with Crippen LogP contribution in [0.2, 0.25) is 0 Å². The number of rotatable bonds is 13. The molecule has 1 aromatic heterocycles. The van der Waals surface area contributed by atoms with Crippen molar-refractivity contribution in [1.29, 1.82) is 0 Å². The first-order valence-corrected chi connectivity index (χ1v) is 15.5. The van der Waals surface area contributed by atoms with Gasteiger partial charge >= 0.3 is 0 Å². The molecule has 1 heterocycles. The fourth-order valence-corrected chi connectivity index (χ4v) is 5.38. The second-order valence-corrected chi connectivity index (χ2v) is 11.1. The molecular weight excluding hydrogens is 588 g/mol. The Bertz CT molecular complexity index is 1900. The molecule has 0 atom stereocenters.